The Hall–Kier alpha value is -0.940. The van der Waals surface area contributed by atoms with Crippen LogP contribution in [0.3, 0.4) is 0 Å². The minimum absolute atomic E-state index is 0.185. The first-order chi connectivity index (χ1) is 9.10. The lowest BCUT2D eigenvalue weighted by molar-refractivity contribution is -0.136. The molecule has 0 aliphatic carbocycles. The minimum atomic E-state index is 0.185. The van der Waals surface area contributed by atoms with Crippen LogP contribution >= 0.6 is 0 Å². The Balaban J connectivity index is 1.78. The first-order valence-electron chi connectivity index (χ1n) is 7.36. The zero-order valence-electron chi connectivity index (χ0n) is 12.1. The molecule has 0 aromatic heterocycles. The van der Waals surface area contributed by atoms with Crippen LogP contribution in [0.4, 0.5) is 0 Å². The Kier molecular flexibility index (Phi) is 4.93. The van der Waals surface area contributed by atoms with Crippen LogP contribution in [-0.4, -0.2) is 78.2 Å². The van der Waals surface area contributed by atoms with E-state index in [0.29, 0.717) is 38.5 Å². The number of hydrogen-bond donors (Lipinski definition) is 0. The Morgan fingerprint density at radius 1 is 1.21 bits per heavy atom. The van der Waals surface area contributed by atoms with Gasteiger partial charge in [-0.1, -0.05) is 6.92 Å². The summed E-state index contributed by atoms with van der Waals surface area (Å²) in [6, 6.07) is 0.523. The Morgan fingerprint density at radius 3 is 2.47 bits per heavy atom. The van der Waals surface area contributed by atoms with Crippen LogP contribution in [0.2, 0.25) is 0 Å². The highest BCUT2D eigenvalue weighted by atomic mass is 16.2. The van der Waals surface area contributed by atoms with Crippen molar-refractivity contribution in [1.29, 1.82) is 0 Å². The molecule has 0 saturated carbocycles. The average molecular weight is 267 g/mol. The van der Waals surface area contributed by atoms with Crippen molar-refractivity contribution >= 4 is 11.7 Å². The van der Waals surface area contributed by atoms with E-state index >= 15 is 0 Å². The molecule has 5 heteroatoms. The van der Waals surface area contributed by atoms with E-state index in [1.165, 1.54) is 0 Å². The van der Waals surface area contributed by atoms with Gasteiger partial charge < -0.3 is 4.90 Å². The summed E-state index contributed by atoms with van der Waals surface area (Å²) >= 11 is 0. The number of Topliss-reactive ketones (excluding diaryl/α,β-unsaturated/α-hetero) is 1. The summed E-state index contributed by atoms with van der Waals surface area (Å²) in [6.45, 7) is 10.2. The monoisotopic (exact) mass is 267 g/mol. The zero-order chi connectivity index (χ0) is 13.8. The molecular formula is C14H25N3O2. The second kappa shape index (κ2) is 6.48. The van der Waals surface area contributed by atoms with E-state index in [-0.39, 0.29) is 11.7 Å². The third-order valence-electron chi connectivity index (χ3n) is 4.29. The van der Waals surface area contributed by atoms with Crippen molar-refractivity contribution in [2.75, 3.05) is 45.8 Å². The summed E-state index contributed by atoms with van der Waals surface area (Å²) in [5, 5.41) is 0. The van der Waals surface area contributed by atoms with Gasteiger partial charge in [0, 0.05) is 51.6 Å². The molecule has 1 amide bonds. The number of likely N-dealkylation sites (N-methyl/N-ethyl adjacent to an activating group) is 1. The Labute approximate surface area is 115 Å². The molecule has 0 bridgehead atoms. The predicted octanol–water partition coefficient (Wildman–Crippen LogP) is 0.204. The smallest absolute Gasteiger partial charge is 0.236 e. The molecule has 108 valence electrons. The van der Waals surface area contributed by atoms with Gasteiger partial charge in [0.05, 0.1) is 6.54 Å². The third kappa shape index (κ3) is 3.76. The molecule has 0 aromatic rings. The maximum Gasteiger partial charge on any atom is 0.236 e. The number of ketones is 1. The van der Waals surface area contributed by atoms with Gasteiger partial charge in [-0.25, -0.2) is 0 Å². The van der Waals surface area contributed by atoms with Gasteiger partial charge >= 0.3 is 0 Å². The molecule has 0 aromatic carbocycles. The summed E-state index contributed by atoms with van der Waals surface area (Å²) in [5.41, 5.74) is 0. The van der Waals surface area contributed by atoms with Gasteiger partial charge in [0.1, 0.15) is 5.78 Å². The molecule has 2 aliphatic rings. The quantitative estimate of drug-likeness (QED) is 0.733. The van der Waals surface area contributed by atoms with Crippen molar-refractivity contribution < 1.29 is 9.59 Å². The molecule has 2 heterocycles. The maximum atomic E-state index is 12.2. The Morgan fingerprint density at radius 2 is 1.89 bits per heavy atom. The first-order valence-corrected chi connectivity index (χ1v) is 7.36. The van der Waals surface area contributed by atoms with Gasteiger partial charge in [-0.3, -0.25) is 19.4 Å². The van der Waals surface area contributed by atoms with E-state index < -0.39 is 0 Å². The molecule has 2 saturated heterocycles. The van der Waals surface area contributed by atoms with Crippen LogP contribution in [0, 0.1) is 0 Å². The van der Waals surface area contributed by atoms with E-state index in [4.69, 9.17) is 0 Å². The zero-order valence-corrected chi connectivity index (χ0v) is 12.1. The van der Waals surface area contributed by atoms with Crippen LogP contribution in [0.15, 0.2) is 0 Å². The number of carbonyl (C=O) groups is 2. The molecule has 2 aliphatic heterocycles. The summed E-state index contributed by atoms with van der Waals surface area (Å²) in [7, 11) is 0. The van der Waals surface area contributed by atoms with Crippen LogP contribution < -0.4 is 0 Å². The third-order valence-corrected chi connectivity index (χ3v) is 4.29. The molecule has 2 fully saturated rings. The van der Waals surface area contributed by atoms with E-state index in [1.54, 1.807) is 0 Å². The number of nitrogens with zero attached hydrogens (tertiary/aromatic N) is 3. The van der Waals surface area contributed by atoms with Gasteiger partial charge in [0.15, 0.2) is 0 Å². The number of likely N-dealkylation sites (tertiary alicyclic amines) is 1. The number of carbonyl (C=O) groups excluding carboxylic acids is 2. The van der Waals surface area contributed by atoms with E-state index in [2.05, 4.69) is 23.6 Å². The molecule has 1 unspecified atom stereocenters. The second-order valence-corrected chi connectivity index (χ2v) is 5.63. The highest BCUT2D eigenvalue weighted by molar-refractivity contribution is 5.84. The SMILES string of the molecule is CCN1CCN(CC(=O)N2CCC(=O)CC2)CC1C. The summed E-state index contributed by atoms with van der Waals surface area (Å²) in [5.74, 6) is 0.471. The lowest BCUT2D eigenvalue weighted by atomic mass is 10.1. The lowest BCUT2D eigenvalue weighted by Crippen LogP contribution is -2.54. The lowest BCUT2D eigenvalue weighted by Gasteiger charge is -2.39. The molecule has 2 rings (SSSR count). The standard InChI is InChI=1S/C14H25N3O2/c1-3-16-9-8-15(10-12(16)2)11-14(19)17-6-4-13(18)5-7-17/h12H,3-11H2,1-2H3. The van der Waals surface area contributed by atoms with E-state index in [0.717, 1.165) is 26.2 Å². The number of amides is 1. The number of piperazine rings is 1. The Bertz CT molecular complexity index is 336. The average Bonchev–Trinajstić information content (AvgIpc) is 2.39. The highest BCUT2D eigenvalue weighted by Gasteiger charge is 2.26. The molecule has 19 heavy (non-hydrogen) atoms. The normalized spacial score (nSPS) is 26.7. The van der Waals surface area contributed by atoms with Crippen LogP contribution in [-0.2, 0) is 9.59 Å². The number of rotatable bonds is 3. The van der Waals surface area contributed by atoms with Crippen LogP contribution in [0.5, 0.6) is 0 Å². The van der Waals surface area contributed by atoms with Crippen molar-refractivity contribution in [2.45, 2.75) is 32.7 Å². The van der Waals surface area contributed by atoms with Crippen molar-refractivity contribution in [1.82, 2.24) is 14.7 Å². The molecule has 1 atom stereocenters. The van der Waals surface area contributed by atoms with Gasteiger partial charge in [-0.15, -0.1) is 0 Å². The van der Waals surface area contributed by atoms with Crippen LogP contribution in [0.1, 0.15) is 26.7 Å². The summed E-state index contributed by atoms with van der Waals surface area (Å²) in [4.78, 5) is 29.9. The van der Waals surface area contributed by atoms with E-state index in [1.807, 2.05) is 4.90 Å². The molecule has 5 nitrogen and oxygen atoms in total. The molecule has 0 spiro atoms. The maximum absolute atomic E-state index is 12.2. The fourth-order valence-corrected chi connectivity index (χ4v) is 2.98. The highest BCUT2D eigenvalue weighted by Crippen LogP contribution is 2.11. The van der Waals surface area contributed by atoms with Gasteiger partial charge in [0.25, 0.3) is 0 Å². The van der Waals surface area contributed by atoms with Crippen molar-refractivity contribution in [3.8, 4) is 0 Å². The van der Waals surface area contributed by atoms with Crippen LogP contribution in [0.25, 0.3) is 0 Å². The van der Waals surface area contributed by atoms with E-state index in [9.17, 15) is 9.59 Å². The first kappa shape index (κ1) is 14.5. The topological polar surface area (TPSA) is 43.9 Å². The van der Waals surface area contributed by atoms with Crippen molar-refractivity contribution in [3.05, 3.63) is 0 Å². The van der Waals surface area contributed by atoms with Gasteiger partial charge in [-0.2, -0.15) is 0 Å². The predicted molar refractivity (Wildman–Crippen MR) is 74.0 cm³/mol. The molecule has 0 N–H and O–H groups in total. The second-order valence-electron chi connectivity index (χ2n) is 5.63. The summed E-state index contributed by atoms with van der Waals surface area (Å²) < 4.78 is 0. The summed E-state index contributed by atoms with van der Waals surface area (Å²) in [6.07, 6.45) is 1.07. The molecular weight excluding hydrogens is 242 g/mol. The number of piperidine rings is 1. The van der Waals surface area contributed by atoms with Crippen molar-refractivity contribution in [2.24, 2.45) is 0 Å². The fraction of sp³-hybridized carbons (Fsp3) is 0.857. The van der Waals surface area contributed by atoms with Gasteiger partial charge in [-0.05, 0) is 13.5 Å². The van der Waals surface area contributed by atoms with Gasteiger partial charge in [0.2, 0.25) is 5.91 Å². The number of hydrogen-bond acceptors (Lipinski definition) is 4. The van der Waals surface area contributed by atoms with Crippen molar-refractivity contribution in [3.63, 3.8) is 0 Å². The fourth-order valence-electron chi connectivity index (χ4n) is 2.98. The largest absolute Gasteiger partial charge is 0.341 e. The molecule has 0 radical (unpaired) electrons. The minimum Gasteiger partial charge on any atom is -0.341 e.